The fourth-order valence-electron chi connectivity index (χ4n) is 2.10. The lowest BCUT2D eigenvalue weighted by Gasteiger charge is -2.27. The van der Waals surface area contributed by atoms with Gasteiger partial charge in [-0.05, 0) is 65.5 Å². The van der Waals surface area contributed by atoms with Crippen LogP contribution in [0.2, 0.25) is 0 Å². The molecule has 1 heterocycles. The summed E-state index contributed by atoms with van der Waals surface area (Å²) in [5, 5.41) is 12.5. The standard InChI is InChI=1S/C16H15IN2O4S/c1-3-5-19-15(22)10(14(21)18-16(19)24)6-9-7-11(17)13(20)12(8-9)23-4-2/h3,6-8,20H,1,4-5H2,2H3,(H,18,21,24). The molecule has 0 saturated carbocycles. The van der Waals surface area contributed by atoms with Crippen molar-refractivity contribution in [1.29, 1.82) is 0 Å². The molecule has 1 fully saturated rings. The third kappa shape index (κ3) is 3.75. The molecule has 1 saturated heterocycles. The minimum absolute atomic E-state index is 0.0217. The number of carbonyl (C=O) groups excluding carboxylic acids is 2. The van der Waals surface area contributed by atoms with Crippen molar-refractivity contribution in [3.63, 3.8) is 0 Å². The Morgan fingerprint density at radius 2 is 2.17 bits per heavy atom. The quantitative estimate of drug-likeness (QED) is 0.233. The van der Waals surface area contributed by atoms with Gasteiger partial charge >= 0.3 is 0 Å². The number of halogens is 1. The highest BCUT2D eigenvalue weighted by atomic mass is 127. The van der Waals surface area contributed by atoms with Gasteiger partial charge in [-0.2, -0.15) is 0 Å². The van der Waals surface area contributed by atoms with Crippen molar-refractivity contribution in [2.45, 2.75) is 6.92 Å². The second-order valence-corrected chi connectivity index (χ2v) is 6.35. The Bertz CT molecular complexity index is 761. The van der Waals surface area contributed by atoms with E-state index in [4.69, 9.17) is 17.0 Å². The molecule has 1 aliphatic rings. The zero-order valence-electron chi connectivity index (χ0n) is 12.8. The number of nitrogens with one attached hydrogen (secondary N) is 1. The first-order valence-corrected chi connectivity index (χ1v) is 8.52. The van der Waals surface area contributed by atoms with Crippen LogP contribution in [0.25, 0.3) is 6.08 Å². The highest BCUT2D eigenvalue weighted by Crippen LogP contribution is 2.33. The van der Waals surface area contributed by atoms with E-state index < -0.39 is 11.8 Å². The summed E-state index contributed by atoms with van der Waals surface area (Å²) in [5.41, 5.74) is 0.514. The maximum absolute atomic E-state index is 12.5. The zero-order chi connectivity index (χ0) is 17.9. The third-order valence-corrected chi connectivity index (χ3v) is 4.30. The number of nitrogens with zero attached hydrogens (tertiary/aromatic N) is 1. The molecule has 0 aliphatic carbocycles. The van der Waals surface area contributed by atoms with Crippen LogP contribution < -0.4 is 10.1 Å². The van der Waals surface area contributed by atoms with Crippen molar-refractivity contribution >= 4 is 57.8 Å². The highest BCUT2D eigenvalue weighted by Gasteiger charge is 2.32. The van der Waals surface area contributed by atoms with Gasteiger partial charge in [0.05, 0.1) is 10.2 Å². The number of phenols is 1. The molecule has 0 spiro atoms. The molecular weight excluding hydrogens is 443 g/mol. The SMILES string of the molecule is C=CCN1C(=O)C(=Cc2cc(I)c(O)c(OCC)c2)C(=O)NC1=S. The molecule has 2 amide bonds. The number of hydrogen-bond acceptors (Lipinski definition) is 5. The molecule has 2 N–H and O–H groups in total. The van der Waals surface area contributed by atoms with E-state index in [1.165, 1.54) is 17.1 Å². The molecule has 6 nitrogen and oxygen atoms in total. The first-order valence-electron chi connectivity index (χ1n) is 7.04. The molecule has 8 heteroatoms. The van der Waals surface area contributed by atoms with Gasteiger partial charge in [0.2, 0.25) is 0 Å². The fraction of sp³-hybridized carbons (Fsp3) is 0.188. The minimum atomic E-state index is -0.564. The molecule has 1 aliphatic heterocycles. The van der Waals surface area contributed by atoms with Crippen molar-refractivity contribution in [3.8, 4) is 11.5 Å². The third-order valence-electron chi connectivity index (χ3n) is 3.16. The molecule has 24 heavy (non-hydrogen) atoms. The van der Waals surface area contributed by atoms with E-state index >= 15 is 0 Å². The predicted octanol–water partition coefficient (Wildman–Crippen LogP) is 2.21. The lowest BCUT2D eigenvalue weighted by Crippen LogP contribution is -2.53. The Kier molecular flexibility index (Phi) is 5.94. The Hall–Kier alpha value is -1.94. The number of amides is 2. The van der Waals surface area contributed by atoms with Crippen LogP contribution in [-0.4, -0.2) is 40.1 Å². The van der Waals surface area contributed by atoms with E-state index in [1.807, 2.05) is 22.6 Å². The Balaban J connectivity index is 2.45. The number of rotatable bonds is 5. The molecule has 0 atom stereocenters. The molecule has 0 aromatic heterocycles. The second kappa shape index (κ2) is 7.75. The minimum Gasteiger partial charge on any atom is -0.504 e. The highest BCUT2D eigenvalue weighted by molar-refractivity contribution is 14.1. The van der Waals surface area contributed by atoms with Gasteiger partial charge in [0, 0.05) is 6.54 Å². The lowest BCUT2D eigenvalue weighted by atomic mass is 10.1. The van der Waals surface area contributed by atoms with Crippen LogP contribution in [0.15, 0.2) is 30.4 Å². The van der Waals surface area contributed by atoms with Crippen molar-refractivity contribution in [1.82, 2.24) is 10.2 Å². The number of hydrogen-bond donors (Lipinski definition) is 2. The molecule has 0 bridgehead atoms. The van der Waals surface area contributed by atoms with E-state index in [1.54, 1.807) is 19.1 Å². The molecule has 0 unspecified atom stereocenters. The van der Waals surface area contributed by atoms with Gasteiger partial charge in [0.25, 0.3) is 11.8 Å². The summed E-state index contributed by atoms with van der Waals surface area (Å²) in [5.74, 6) is -0.747. The van der Waals surface area contributed by atoms with E-state index in [0.29, 0.717) is 21.5 Å². The molecule has 126 valence electrons. The summed E-state index contributed by atoms with van der Waals surface area (Å²) in [7, 11) is 0. The van der Waals surface area contributed by atoms with E-state index in [2.05, 4.69) is 11.9 Å². The summed E-state index contributed by atoms with van der Waals surface area (Å²) in [4.78, 5) is 25.8. The Morgan fingerprint density at radius 3 is 2.79 bits per heavy atom. The number of aromatic hydroxyl groups is 1. The average molecular weight is 458 g/mol. The van der Waals surface area contributed by atoms with Crippen molar-refractivity contribution in [3.05, 3.63) is 39.5 Å². The van der Waals surface area contributed by atoms with Crippen LogP contribution in [0.3, 0.4) is 0 Å². The lowest BCUT2D eigenvalue weighted by molar-refractivity contribution is -0.128. The van der Waals surface area contributed by atoms with Crippen LogP contribution >= 0.6 is 34.8 Å². The van der Waals surface area contributed by atoms with Crippen LogP contribution in [-0.2, 0) is 9.59 Å². The smallest absolute Gasteiger partial charge is 0.265 e. The van der Waals surface area contributed by atoms with Gasteiger partial charge in [-0.1, -0.05) is 6.08 Å². The maximum Gasteiger partial charge on any atom is 0.265 e. The summed E-state index contributed by atoms with van der Waals surface area (Å²) >= 11 is 6.95. The van der Waals surface area contributed by atoms with E-state index in [0.717, 1.165) is 0 Å². The topological polar surface area (TPSA) is 78.9 Å². The van der Waals surface area contributed by atoms with Gasteiger partial charge in [0.1, 0.15) is 5.57 Å². The normalized spacial score (nSPS) is 16.3. The summed E-state index contributed by atoms with van der Waals surface area (Å²) < 4.78 is 5.91. The molecular formula is C16H15IN2O4S. The number of phenolic OH excluding ortho intramolecular Hbond substituents is 1. The fourth-order valence-corrected chi connectivity index (χ4v) is 2.97. The van der Waals surface area contributed by atoms with Crippen molar-refractivity contribution in [2.75, 3.05) is 13.2 Å². The van der Waals surface area contributed by atoms with Crippen molar-refractivity contribution < 1.29 is 19.4 Å². The van der Waals surface area contributed by atoms with Gasteiger partial charge < -0.3 is 9.84 Å². The van der Waals surface area contributed by atoms with Gasteiger partial charge in [-0.15, -0.1) is 6.58 Å². The predicted molar refractivity (Wildman–Crippen MR) is 103 cm³/mol. The molecule has 1 aromatic rings. The second-order valence-electron chi connectivity index (χ2n) is 4.80. The van der Waals surface area contributed by atoms with Gasteiger partial charge in [-0.3, -0.25) is 19.8 Å². The number of benzene rings is 1. The monoisotopic (exact) mass is 458 g/mol. The van der Waals surface area contributed by atoms with E-state index in [9.17, 15) is 14.7 Å². The summed E-state index contributed by atoms with van der Waals surface area (Å²) in [6, 6.07) is 3.22. The first kappa shape index (κ1) is 18.4. The molecule has 1 aromatic carbocycles. The Morgan fingerprint density at radius 1 is 1.46 bits per heavy atom. The van der Waals surface area contributed by atoms with E-state index in [-0.39, 0.29) is 23.0 Å². The van der Waals surface area contributed by atoms with Crippen LogP contribution in [0.4, 0.5) is 0 Å². The van der Waals surface area contributed by atoms with Crippen LogP contribution in [0, 0.1) is 3.57 Å². The number of carbonyl (C=O) groups is 2. The number of ether oxygens (including phenoxy) is 1. The zero-order valence-corrected chi connectivity index (χ0v) is 15.8. The number of thiocarbonyl (C=S) groups is 1. The Labute approximate surface area is 158 Å². The van der Waals surface area contributed by atoms with Gasteiger partial charge in [-0.25, -0.2) is 0 Å². The largest absolute Gasteiger partial charge is 0.504 e. The van der Waals surface area contributed by atoms with Crippen molar-refractivity contribution in [2.24, 2.45) is 0 Å². The molecule has 2 rings (SSSR count). The first-order chi connectivity index (χ1) is 11.4. The molecule has 0 radical (unpaired) electrons. The average Bonchev–Trinajstić information content (AvgIpc) is 2.53. The van der Waals surface area contributed by atoms with Crippen LogP contribution in [0.5, 0.6) is 11.5 Å². The summed E-state index contributed by atoms with van der Waals surface area (Å²) in [6.07, 6.45) is 2.97. The summed E-state index contributed by atoms with van der Waals surface area (Å²) in [6.45, 7) is 5.95. The van der Waals surface area contributed by atoms with Crippen LogP contribution in [0.1, 0.15) is 12.5 Å². The van der Waals surface area contributed by atoms with Gasteiger partial charge in [0.15, 0.2) is 16.6 Å². The maximum atomic E-state index is 12.5.